The van der Waals surface area contributed by atoms with E-state index in [2.05, 4.69) is 25.4 Å². The number of carbonyl (C=O) groups is 1. The molecule has 0 spiro atoms. The first-order valence-corrected chi connectivity index (χ1v) is 19.2. The summed E-state index contributed by atoms with van der Waals surface area (Å²) in [7, 11) is -3.28. The number of anilines is 2. The van der Waals surface area contributed by atoms with Gasteiger partial charge in [-0.05, 0) is 54.1 Å². The summed E-state index contributed by atoms with van der Waals surface area (Å²) in [5.41, 5.74) is 0.637. The number of pyridine rings is 1. The van der Waals surface area contributed by atoms with Crippen molar-refractivity contribution in [1.29, 1.82) is 0 Å². The van der Waals surface area contributed by atoms with Crippen LogP contribution in [-0.4, -0.2) is 85.1 Å². The molecule has 0 aliphatic carbocycles. The van der Waals surface area contributed by atoms with Gasteiger partial charge in [0.2, 0.25) is 0 Å². The van der Waals surface area contributed by atoms with Gasteiger partial charge in [-0.2, -0.15) is 18.3 Å². The van der Waals surface area contributed by atoms with Gasteiger partial charge in [0.15, 0.2) is 5.69 Å². The van der Waals surface area contributed by atoms with E-state index in [1.54, 1.807) is 24.3 Å². The van der Waals surface area contributed by atoms with Gasteiger partial charge in [-0.3, -0.25) is 14.7 Å². The van der Waals surface area contributed by atoms with Crippen molar-refractivity contribution in [2.75, 3.05) is 55.8 Å². The lowest BCUT2D eigenvalue weighted by Gasteiger charge is -2.37. The van der Waals surface area contributed by atoms with Crippen LogP contribution in [0, 0.1) is 0 Å². The van der Waals surface area contributed by atoms with E-state index >= 15 is 0 Å². The van der Waals surface area contributed by atoms with Crippen LogP contribution in [0.4, 0.5) is 24.5 Å². The van der Waals surface area contributed by atoms with E-state index < -0.39 is 32.6 Å². The van der Waals surface area contributed by atoms with Crippen molar-refractivity contribution in [1.82, 2.24) is 24.8 Å². The normalized spacial score (nSPS) is 13.7. The van der Waals surface area contributed by atoms with Crippen LogP contribution in [0.2, 0.25) is 0 Å². The molecule has 54 heavy (non-hydrogen) atoms. The zero-order valence-corrected chi connectivity index (χ0v) is 30.6. The number of hydrogen-bond donors (Lipinski definition) is 3. The maximum absolute atomic E-state index is 14.6. The molecule has 1 aliphatic heterocycles. The second-order valence-electron chi connectivity index (χ2n) is 12.2. The molecular formula is C37H36F3N7O5S2. The summed E-state index contributed by atoms with van der Waals surface area (Å²) < 4.78 is 78.8. The van der Waals surface area contributed by atoms with Gasteiger partial charge in [0.25, 0.3) is 15.9 Å². The minimum atomic E-state index is -4.92. The second kappa shape index (κ2) is 16.7. The highest BCUT2D eigenvalue weighted by Gasteiger charge is 2.38. The molecule has 0 radical (unpaired) electrons. The van der Waals surface area contributed by atoms with Crippen LogP contribution in [0.1, 0.15) is 21.6 Å². The number of carbonyl (C=O) groups excluding carboxylic acids is 1. The third kappa shape index (κ3) is 9.39. The summed E-state index contributed by atoms with van der Waals surface area (Å²) >= 11 is 1.47. The fourth-order valence-corrected chi connectivity index (χ4v) is 7.95. The highest BCUT2D eigenvalue weighted by Crippen LogP contribution is 2.41. The number of benzene rings is 3. The maximum Gasteiger partial charge on any atom is 0.418 e. The lowest BCUT2D eigenvalue weighted by atomic mass is 10.0. The number of ether oxygens (including phenoxy) is 1. The van der Waals surface area contributed by atoms with E-state index in [9.17, 15) is 31.5 Å². The largest absolute Gasteiger partial charge is 0.506 e. The molecule has 6 rings (SSSR count). The van der Waals surface area contributed by atoms with Crippen LogP contribution in [0.25, 0.3) is 11.1 Å². The molecule has 1 saturated heterocycles. The van der Waals surface area contributed by atoms with Gasteiger partial charge < -0.3 is 20.1 Å². The molecule has 0 saturated carbocycles. The number of piperazine rings is 1. The van der Waals surface area contributed by atoms with E-state index in [0.717, 1.165) is 16.0 Å². The lowest BCUT2D eigenvalue weighted by molar-refractivity contribution is -0.137. The molecule has 3 heterocycles. The van der Waals surface area contributed by atoms with Crippen molar-refractivity contribution >= 4 is 39.1 Å². The number of nitrogens with zero attached hydrogens (tertiary/aromatic N) is 5. The highest BCUT2D eigenvalue weighted by atomic mass is 32.2. The average molecular weight is 780 g/mol. The summed E-state index contributed by atoms with van der Waals surface area (Å²) in [6, 6.07) is 21.1. The van der Waals surface area contributed by atoms with E-state index in [1.807, 2.05) is 53.3 Å². The molecule has 282 valence electrons. The summed E-state index contributed by atoms with van der Waals surface area (Å²) in [5.74, 6) is -0.0314. The summed E-state index contributed by atoms with van der Waals surface area (Å²) in [6.45, 7) is 2.05. The van der Waals surface area contributed by atoms with Crippen LogP contribution in [0.15, 0.2) is 107 Å². The number of halogens is 3. The van der Waals surface area contributed by atoms with Crippen LogP contribution < -0.4 is 19.7 Å². The molecule has 1 amide bonds. The quantitative estimate of drug-likeness (QED) is 0.0963. The number of methoxy groups -OCH3 is 1. The van der Waals surface area contributed by atoms with Gasteiger partial charge in [0, 0.05) is 79.1 Å². The van der Waals surface area contributed by atoms with Gasteiger partial charge in [0.05, 0.1) is 24.6 Å². The minimum absolute atomic E-state index is 0.0157. The predicted molar refractivity (Wildman–Crippen MR) is 199 cm³/mol. The molecular weight excluding hydrogens is 744 g/mol. The Balaban J connectivity index is 1.25. The molecule has 2 aromatic heterocycles. The summed E-state index contributed by atoms with van der Waals surface area (Å²) in [4.78, 5) is 21.0. The number of hydrogen-bond acceptors (Lipinski definition) is 12. The lowest BCUT2D eigenvalue weighted by Crippen LogP contribution is -2.46. The van der Waals surface area contributed by atoms with Crippen molar-refractivity contribution < 1.29 is 36.2 Å². The minimum Gasteiger partial charge on any atom is -0.506 e. The first-order chi connectivity index (χ1) is 25.9. The number of rotatable bonds is 13. The van der Waals surface area contributed by atoms with E-state index in [-0.39, 0.29) is 42.5 Å². The van der Waals surface area contributed by atoms with Crippen LogP contribution >= 0.6 is 11.8 Å². The molecule has 1 aliphatic rings. The topological polar surface area (TPSA) is 150 Å². The highest BCUT2D eigenvalue weighted by molar-refractivity contribution is 7.99. The van der Waals surface area contributed by atoms with Gasteiger partial charge in [-0.25, -0.2) is 13.1 Å². The molecule has 1 fully saturated rings. The first-order valence-electron chi connectivity index (χ1n) is 16.7. The number of alkyl halides is 3. The fraction of sp³-hybridized carbons (Fsp3) is 0.243. The molecule has 5 aromatic rings. The summed E-state index contributed by atoms with van der Waals surface area (Å²) in [6.07, 6.45) is -0.646. The van der Waals surface area contributed by atoms with Crippen molar-refractivity contribution in [3.05, 3.63) is 114 Å². The van der Waals surface area contributed by atoms with Gasteiger partial charge in [0.1, 0.15) is 16.4 Å². The Morgan fingerprint density at radius 3 is 2.43 bits per heavy atom. The number of aromatic nitrogens is 3. The molecule has 17 heteroatoms. The Morgan fingerprint density at radius 1 is 0.963 bits per heavy atom. The molecule has 3 N–H and O–H groups in total. The molecule has 3 aromatic carbocycles. The third-order valence-corrected chi connectivity index (χ3v) is 11.0. The Labute approximate surface area is 314 Å². The first kappa shape index (κ1) is 38.3. The van der Waals surface area contributed by atoms with Gasteiger partial charge in [-0.15, -0.1) is 16.9 Å². The zero-order valence-electron chi connectivity index (χ0n) is 29.0. The number of aromatic hydroxyl groups is 1. The summed E-state index contributed by atoms with van der Waals surface area (Å²) in [5, 5.41) is 19.9. The number of amides is 1. The van der Waals surface area contributed by atoms with Crippen molar-refractivity contribution in [2.45, 2.75) is 22.5 Å². The SMILES string of the molecule is COc1cc(-c2cncc(O)c2)ccc1CN1CCN(c2cc(NCCSc3ccccc3)c(C(F)(F)F)cc2S(=O)(=O)NC(=O)c2cccnn2)CC1. The Bertz CT molecular complexity index is 2190. The molecule has 0 bridgehead atoms. The molecule has 0 unspecified atom stereocenters. The molecule has 12 nitrogen and oxygen atoms in total. The Morgan fingerprint density at radius 2 is 1.74 bits per heavy atom. The Hall–Kier alpha value is -5.39. The van der Waals surface area contributed by atoms with E-state index in [1.165, 1.54) is 42.4 Å². The van der Waals surface area contributed by atoms with Crippen molar-refractivity contribution in [3.8, 4) is 22.6 Å². The van der Waals surface area contributed by atoms with E-state index in [4.69, 9.17) is 4.74 Å². The maximum atomic E-state index is 14.6. The van der Waals surface area contributed by atoms with Gasteiger partial charge >= 0.3 is 6.18 Å². The molecule has 0 atom stereocenters. The zero-order chi connectivity index (χ0) is 38.3. The van der Waals surface area contributed by atoms with E-state index in [0.29, 0.717) is 42.8 Å². The van der Waals surface area contributed by atoms with Crippen molar-refractivity contribution in [2.24, 2.45) is 0 Å². The smallest absolute Gasteiger partial charge is 0.418 e. The second-order valence-corrected chi connectivity index (χ2v) is 15.0. The van der Waals surface area contributed by atoms with Crippen LogP contribution in [0.5, 0.6) is 11.5 Å². The number of thioether (sulfide) groups is 1. The van der Waals surface area contributed by atoms with Crippen LogP contribution in [-0.2, 0) is 22.7 Å². The standard InChI is InChI=1S/C37H36F3N7O5S2/c1-52-34-19-25(27-18-28(48)23-41-22-27)9-10-26(34)24-46-13-15-47(16-14-46)33-21-32(42-12-17-53-29-6-3-2-4-7-29)30(37(38,39)40)20-35(33)54(50,51)45-36(49)31-8-5-11-43-44-31/h2-11,18-23,42,48H,12-17,24H2,1H3,(H,45,49). The monoisotopic (exact) mass is 779 g/mol. The number of nitrogens with one attached hydrogen (secondary N) is 2. The van der Waals surface area contributed by atoms with Crippen LogP contribution in [0.3, 0.4) is 0 Å². The van der Waals surface area contributed by atoms with Gasteiger partial charge in [-0.1, -0.05) is 30.3 Å². The van der Waals surface area contributed by atoms with Crippen molar-refractivity contribution in [3.63, 3.8) is 0 Å². The third-order valence-electron chi connectivity index (χ3n) is 8.61. The number of sulfonamides is 1. The average Bonchev–Trinajstić information content (AvgIpc) is 3.17. The fourth-order valence-electron chi connectivity index (χ4n) is 5.96. The Kier molecular flexibility index (Phi) is 11.9. The predicted octanol–water partition coefficient (Wildman–Crippen LogP) is 5.92.